The Morgan fingerprint density at radius 2 is 1.11 bits per heavy atom. The summed E-state index contributed by atoms with van der Waals surface area (Å²) in [6.07, 6.45) is 0. The molecule has 0 heterocycles. The van der Waals surface area contributed by atoms with E-state index in [0.29, 0.717) is 0 Å². The lowest BCUT2D eigenvalue weighted by atomic mass is 9.82. The van der Waals surface area contributed by atoms with Crippen molar-refractivity contribution in [3.8, 4) is 0 Å². The van der Waals surface area contributed by atoms with E-state index in [9.17, 15) is 19.2 Å². The molecule has 2 N–H and O–H groups in total. The Hall–Kier alpha value is -2.70. The lowest BCUT2D eigenvalue weighted by Crippen LogP contribution is -2.28. The molecule has 2 aromatic carbocycles. The van der Waals surface area contributed by atoms with Gasteiger partial charge in [-0.3, -0.25) is 19.2 Å². The van der Waals surface area contributed by atoms with E-state index in [-0.39, 0.29) is 33.6 Å². The zero-order chi connectivity index (χ0) is 20.6. The van der Waals surface area contributed by atoms with Crippen molar-refractivity contribution in [2.45, 2.75) is 24.6 Å². The topological polar surface area (TPSA) is 92.3 Å². The van der Waals surface area contributed by atoms with E-state index in [2.05, 4.69) is 10.6 Å². The molecule has 1 aliphatic rings. The second kappa shape index (κ2) is 7.73. The summed E-state index contributed by atoms with van der Waals surface area (Å²) in [6, 6.07) is 9.28. The summed E-state index contributed by atoms with van der Waals surface area (Å²) in [7, 11) is 0. The van der Waals surface area contributed by atoms with Gasteiger partial charge in [-0.2, -0.15) is 0 Å². The lowest BCUT2D eigenvalue weighted by molar-refractivity contribution is -0.116. The number of anilines is 2. The van der Waals surface area contributed by atoms with Crippen molar-refractivity contribution in [3.05, 3.63) is 58.7 Å². The molecular weight excluding hydrogens is 403 g/mol. The highest BCUT2D eigenvalue weighted by Gasteiger charge is 2.34. The summed E-state index contributed by atoms with van der Waals surface area (Å²) in [5.74, 6) is -1.90. The highest BCUT2D eigenvalue weighted by Crippen LogP contribution is 2.36. The Bertz CT molecular complexity index is 935. The van der Waals surface area contributed by atoms with Crippen molar-refractivity contribution in [2.24, 2.45) is 0 Å². The van der Waals surface area contributed by atoms with Crippen LogP contribution < -0.4 is 10.6 Å². The van der Waals surface area contributed by atoms with Gasteiger partial charge in [0.05, 0.1) is 22.5 Å². The molecule has 2 aromatic rings. The number of carbonyl (C=O) groups is 4. The highest BCUT2D eigenvalue weighted by atomic mass is 35.5. The van der Waals surface area contributed by atoms with Gasteiger partial charge < -0.3 is 10.6 Å². The predicted molar refractivity (Wildman–Crippen MR) is 108 cm³/mol. The van der Waals surface area contributed by atoms with Crippen LogP contribution in [0.5, 0.6) is 0 Å². The summed E-state index contributed by atoms with van der Waals surface area (Å²) in [4.78, 5) is 50.4. The number of alkyl halides is 2. The standard InChI is InChI=1S/C20H16Cl2N2O4/c1-9(21)19(27)23-13-7-8-14(24-20(28)10(2)22)16-15(13)17(25)11-5-3-4-6-12(11)18(16)26/h3-10H,1-2H3,(H,23,27)(H,24,28). The number of nitrogens with one attached hydrogen (secondary N) is 2. The third-order valence-corrected chi connectivity index (χ3v) is 4.71. The van der Waals surface area contributed by atoms with Gasteiger partial charge in [-0.05, 0) is 26.0 Å². The number of ketones is 2. The van der Waals surface area contributed by atoms with Crippen LogP contribution in [0.15, 0.2) is 36.4 Å². The average molecular weight is 419 g/mol. The van der Waals surface area contributed by atoms with Gasteiger partial charge in [-0.1, -0.05) is 24.3 Å². The molecule has 0 aliphatic heterocycles. The van der Waals surface area contributed by atoms with E-state index >= 15 is 0 Å². The van der Waals surface area contributed by atoms with Gasteiger partial charge >= 0.3 is 0 Å². The van der Waals surface area contributed by atoms with Crippen LogP contribution in [0.3, 0.4) is 0 Å². The van der Waals surface area contributed by atoms with Crippen molar-refractivity contribution in [1.82, 2.24) is 0 Å². The minimum atomic E-state index is -0.839. The number of rotatable bonds is 4. The Labute approximate surface area is 171 Å². The Balaban J connectivity index is 2.20. The van der Waals surface area contributed by atoms with Gasteiger partial charge in [0, 0.05) is 11.1 Å². The second-order valence-electron chi connectivity index (χ2n) is 6.33. The maximum absolute atomic E-state index is 13.1. The molecule has 3 rings (SSSR count). The van der Waals surface area contributed by atoms with Gasteiger partial charge in [0.1, 0.15) is 10.8 Å². The van der Waals surface area contributed by atoms with Gasteiger partial charge in [-0.15, -0.1) is 23.2 Å². The number of benzene rings is 2. The van der Waals surface area contributed by atoms with E-state index in [1.807, 2.05) is 0 Å². The first-order valence-electron chi connectivity index (χ1n) is 8.47. The zero-order valence-corrected chi connectivity index (χ0v) is 16.5. The molecule has 2 atom stereocenters. The van der Waals surface area contributed by atoms with E-state index in [0.717, 1.165) is 0 Å². The quantitative estimate of drug-likeness (QED) is 0.633. The molecule has 0 spiro atoms. The molecule has 2 amide bonds. The molecular formula is C20H16Cl2N2O4. The maximum atomic E-state index is 13.1. The van der Waals surface area contributed by atoms with Crippen molar-refractivity contribution in [1.29, 1.82) is 0 Å². The van der Waals surface area contributed by atoms with Crippen molar-refractivity contribution >= 4 is 58.0 Å². The molecule has 144 valence electrons. The molecule has 0 saturated heterocycles. The zero-order valence-electron chi connectivity index (χ0n) is 15.0. The molecule has 0 aromatic heterocycles. The number of halogens is 2. The van der Waals surface area contributed by atoms with Gasteiger partial charge in [0.25, 0.3) is 0 Å². The fraction of sp³-hybridized carbons (Fsp3) is 0.200. The van der Waals surface area contributed by atoms with Gasteiger partial charge in [0.15, 0.2) is 11.6 Å². The molecule has 28 heavy (non-hydrogen) atoms. The first-order valence-corrected chi connectivity index (χ1v) is 9.35. The normalized spacial score (nSPS) is 14.6. The van der Waals surface area contributed by atoms with Crippen LogP contribution >= 0.6 is 23.2 Å². The summed E-state index contributed by atoms with van der Waals surface area (Å²) in [6.45, 7) is 2.98. The van der Waals surface area contributed by atoms with Crippen LogP contribution in [0, 0.1) is 0 Å². The van der Waals surface area contributed by atoms with Crippen molar-refractivity contribution in [3.63, 3.8) is 0 Å². The fourth-order valence-corrected chi connectivity index (χ4v) is 3.00. The summed E-state index contributed by atoms with van der Waals surface area (Å²) in [5.41, 5.74) is 0.769. The number of carbonyl (C=O) groups excluding carboxylic acids is 4. The number of amides is 2. The fourth-order valence-electron chi connectivity index (χ4n) is 2.90. The molecule has 8 heteroatoms. The average Bonchev–Trinajstić information content (AvgIpc) is 2.66. The monoisotopic (exact) mass is 418 g/mol. The molecule has 0 saturated carbocycles. The van der Waals surface area contributed by atoms with E-state index < -0.39 is 34.1 Å². The van der Waals surface area contributed by atoms with Crippen LogP contribution in [-0.4, -0.2) is 34.1 Å². The van der Waals surface area contributed by atoms with Crippen LogP contribution in [0.25, 0.3) is 0 Å². The number of hydrogen-bond donors (Lipinski definition) is 2. The third-order valence-electron chi connectivity index (χ3n) is 4.31. The molecule has 6 nitrogen and oxygen atoms in total. The van der Waals surface area contributed by atoms with Gasteiger partial charge in [-0.25, -0.2) is 0 Å². The van der Waals surface area contributed by atoms with Crippen LogP contribution in [0.1, 0.15) is 45.7 Å². The number of fused-ring (bicyclic) bond motifs is 2. The third kappa shape index (κ3) is 3.53. The van der Waals surface area contributed by atoms with Crippen LogP contribution in [-0.2, 0) is 9.59 Å². The molecule has 0 bridgehead atoms. The minimum absolute atomic E-state index is 0.00870. The van der Waals surface area contributed by atoms with E-state index in [4.69, 9.17) is 23.2 Å². The molecule has 1 aliphatic carbocycles. The van der Waals surface area contributed by atoms with Gasteiger partial charge in [0.2, 0.25) is 11.8 Å². The second-order valence-corrected chi connectivity index (χ2v) is 7.63. The first kappa shape index (κ1) is 20.0. The minimum Gasteiger partial charge on any atom is -0.324 e. The first-order chi connectivity index (χ1) is 13.2. The largest absolute Gasteiger partial charge is 0.324 e. The lowest BCUT2D eigenvalue weighted by Gasteiger charge is -2.23. The van der Waals surface area contributed by atoms with E-state index in [1.54, 1.807) is 24.3 Å². The Kier molecular flexibility index (Phi) is 5.54. The Morgan fingerprint density at radius 3 is 1.43 bits per heavy atom. The SMILES string of the molecule is CC(Cl)C(=O)Nc1ccc(NC(=O)C(C)Cl)c2c1C(=O)c1ccccc1C2=O. The van der Waals surface area contributed by atoms with Crippen LogP contribution in [0.4, 0.5) is 11.4 Å². The Morgan fingerprint density at radius 1 is 0.750 bits per heavy atom. The molecule has 0 fully saturated rings. The predicted octanol–water partition coefficient (Wildman–Crippen LogP) is 3.59. The number of hydrogen-bond acceptors (Lipinski definition) is 4. The van der Waals surface area contributed by atoms with Crippen molar-refractivity contribution in [2.75, 3.05) is 10.6 Å². The van der Waals surface area contributed by atoms with Crippen LogP contribution in [0.2, 0.25) is 0 Å². The van der Waals surface area contributed by atoms with E-state index in [1.165, 1.54) is 26.0 Å². The smallest absolute Gasteiger partial charge is 0.242 e. The van der Waals surface area contributed by atoms with Crippen molar-refractivity contribution < 1.29 is 19.2 Å². The highest BCUT2D eigenvalue weighted by molar-refractivity contribution is 6.36. The molecule has 0 radical (unpaired) electrons. The summed E-state index contributed by atoms with van der Waals surface area (Å²) < 4.78 is 0. The summed E-state index contributed by atoms with van der Waals surface area (Å²) in [5, 5.41) is 3.47. The molecule has 2 unspecified atom stereocenters. The summed E-state index contributed by atoms with van der Waals surface area (Å²) >= 11 is 11.6. The maximum Gasteiger partial charge on any atom is 0.242 e.